The SMILES string of the molecule is CCc1ccc(CCNC(=O)C(C#N)=C(C)O)cc1. The molecule has 1 aromatic carbocycles. The molecule has 19 heavy (non-hydrogen) atoms. The number of benzene rings is 1. The Hall–Kier alpha value is -2.28. The summed E-state index contributed by atoms with van der Waals surface area (Å²) in [5, 5.41) is 20.5. The highest BCUT2D eigenvalue weighted by molar-refractivity contribution is 5.97. The van der Waals surface area contributed by atoms with Crippen LogP contribution < -0.4 is 5.32 Å². The van der Waals surface area contributed by atoms with E-state index in [1.807, 2.05) is 12.1 Å². The first-order valence-corrected chi connectivity index (χ1v) is 6.24. The Kier molecular flexibility index (Phi) is 5.62. The minimum atomic E-state index is -0.535. The van der Waals surface area contributed by atoms with Gasteiger partial charge in [-0.25, -0.2) is 0 Å². The van der Waals surface area contributed by atoms with Crippen LogP contribution in [0, 0.1) is 11.3 Å². The predicted molar refractivity (Wildman–Crippen MR) is 73.5 cm³/mol. The maximum Gasteiger partial charge on any atom is 0.265 e. The fourth-order valence-electron chi connectivity index (χ4n) is 1.65. The van der Waals surface area contributed by atoms with Crippen LogP contribution in [0.5, 0.6) is 0 Å². The van der Waals surface area contributed by atoms with Gasteiger partial charge in [-0.05, 0) is 30.9 Å². The van der Waals surface area contributed by atoms with Crippen LogP contribution >= 0.6 is 0 Å². The molecule has 4 heteroatoms. The van der Waals surface area contributed by atoms with Crippen LogP contribution in [0.2, 0.25) is 0 Å². The zero-order valence-corrected chi connectivity index (χ0v) is 11.2. The molecule has 0 saturated carbocycles. The van der Waals surface area contributed by atoms with E-state index in [9.17, 15) is 4.79 Å². The molecule has 0 aliphatic carbocycles. The van der Waals surface area contributed by atoms with Crippen molar-refractivity contribution < 1.29 is 9.90 Å². The first kappa shape index (κ1) is 14.8. The lowest BCUT2D eigenvalue weighted by molar-refractivity contribution is -0.117. The number of aliphatic hydroxyl groups is 1. The Morgan fingerprint density at radius 3 is 2.37 bits per heavy atom. The van der Waals surface area contributed by atoms with Crippen molar-refractivity contribution in [1.29, 1.82) is 5.26 Å². The van der Waals surface area contributed by atoms with Gasteiger partial charge in [0.2, 0.25) is 0 Å². The number of nitrogens with one attached hydrogen (secondary N) is 1. The summed E-state index contributed by atoms with van der Waals surface area (Å²) < 4.78 is 0. The minimum Gasteiger partial charge on any atom is -0.511 e. The lowest BCUT2D eigenvalue weighted by Crippen LogP contribution is -2.27. The molecule has 0 aliphatic rings. The quantitative estimate of drug-likeness (QED) is 0.483. The third kappa shape index (κ3) is 4.47. The number of aliphatic hydroxyl groups excluding tert-OH is 1. The molecule has 1 amide bonds. The summed E-state index contributed by atoms with van der Waals surface area (Å²) in [7, 11) is 0. The number of nitriles is 1. The van der Waals surface area contributed by atoms with E-state index in [2.05, 4.69) is 24.4 Å². The topological polar surface area (TPSA) is 73.1 Å². The summed E-state index contributed by atoms with van der Waals surface area (Å²) >= 11 is 0. The van der Waals surface area contributed by atoms with Crippen LogP contribution in [-0.4, -0.2) is 17.6 Å². The van der Waals surface area contributed by atoms with Gasteiger partial charge in [0.25, 0.3) is 5.91 Å². The van der Waals surface area contributed by atoms with E-state index in [0.29, 0.717) is 13.0 Å². The molecule has 0 aromatic heterocycles. The highest BCUT2D eigenvalue weighted by Gasteiger charge is 2.11. The molecule has 0 heterocycles. The predicted octanol–water partition coefficient (Wildman–Crippen LogP) is 2.26. The number of carbonyl (C=O) groups is 1. The van der Waals surface area contributed by atoms with Gasteiger partial charge in [-0.15, -0.1) is 0 Å². The largest absolute Gasteiger partial charge is 0.511 e. The van der Waals surface area contributed by atoms with E-state index in [1.54, 1.807) is 6.07 Å². The maximum atomic E-state index is 11.6. The zero-order chi connectivity index (χ0) is 14.3. The number of allylic oxidation sites excluding steroid dienone is 1. The lowest BCUT2D eigenvalue weighted by Gasteiger charge is -2.05. The molecule has 100 valence electrons. The highest BCUT2D eigenvalue weighted by Crippen LogP contribution is 2.05. The Balaban J connectivity index is 2.48. The summed E-state index contributed by atoms with van der Waals surface area (Å²) in [4.78, 5) is 11.6. The highest BCUT2D eigenvalue weighted by atomic mass is 16.3. The third-order valence-electron chi connectivity index (χ3n) is 2.83. The molecular weight excluding hydrogens is 240 g/mol. The fraction of sp³-hybridized carbons (Fsp3) is 0.333. The standard InChI is InChI=1S/C15H18N2O2/c1-3-12-4-6-13(7-5-12)8-9-17-15(19)14(10-16)11(2)18/h4-7,18H,3,8-9H2,1-2H3,(H,17,19). The van der Waals surface area contributed by atoms with Gasteiger partial charge in [0, 0.05) is 6.54 Å². The van der Waals surface area contributed by atoms with Crippen molar-refractivity contribution in [2.75, 3.05) is 6.54 Å². The van der Waals surface area contributed by atoms with Gasteiger partial charge in [0.1, 0.15) is 11.8 Å². The van der Waals surface area contributed by atoms with Gasteiger partial charge in [-0.1, -0.05) is 31.2 Å². The number of carbonyl (C=O) groups excluding carboxylic acids is 1. The van der Waals surface area contributed by atoms with Crippen LogP contribution in [0.3, 0.4) is 0 Å². The summed E-state index contributed by atoms with van der Waals surface area (Å²) in [6.07, 6.45) is 1.70. The first-order chi connectivity index (χ1) is 9.08. The fourth-order valence-corrected chi connectivity index (χ4v) is 1.65. The van der Waals surface area contributed by atoms with Crippen LogP contribution in [0.1, 0.15) is 25.0 Å². The van der Waals surface area contributed by atoms with Crippen LogP contribution in [-0.2, 0) is 17.6 Å². The average Bonchev–Trinajstić information content (AvgIpc) is 2.40. The van der Waals surface area contributed by atoms with E-state index in [0.717, 1.165) is 12.0 Å². The summed E-state index contributed by atoms with van der Waals surface area (Å²) in [5.74, 6) is -0.792. The molecule has 4 nitrogen and oxygen atoms in total. The number of amides is 1. The van der Waals surface area contributed by atoms with Crippen molar-refractivity contribution in [1.82, 2.24) is 5.32 Å². The molecule has 1 rings (SSSR count). The molecule has 0 aliphatic heterocycles. The molecular formula is C15H18N2O2. The number of hydrogen-bond acceptors (Lipinski definition) is 3. The zero-order valence-electron chi connectivity index (χ0n) is 11.2. The molecule has 0 atom stereocenters. The van der Waals surface area contributed by atoms with Crippen molar-refractivity contribution in [2.45, 2.75) is 26.7 Å². The molecule has 0 bridgehead atoms. The van der Waals surface area contributed by atoms with Crippen molar-refractivity contribution in [3.63, 3.8) is 0 Å². The first-order valence-electron chi connectivity index (χ1n) is 6.24. The second-order valence-electron chi connectivity index (χ2n) is 4.25. The Morgan fingerprint density at radius 2 is 1.89 bits per heavy atom. The molecule has 1 aromatic rings. The van der Waals surface area contributed by atoms with Crippen LogP contribution in [0.4, 0.5) is 0 Å². The second-order valence-corrected chi connectivity index (χ2v) is 4.25. The normalized spacial score (nSPS) is 11.4. The Bertz CT molecular complexity index is 506. The van der Waals surface area contributed by atoms with E-state index in [1.165, 1.54) is 12.5 Å². The molecule has 0 spiro atoms. The number of nitrogens with zero attached hydrogens (tertiary/aromatic N) is 1. The van der Waals surface area contributed by atoms with E-state index in [4.69, 9.17) is 10.4 Å². The summed E-state index contributed by atoms with van der Waals surface area (Å²) in [6.45, 7) is 3.85. The number of hydrogen-bond donors (Lipinski definition) is 2. The van der Waals surface area contributed by atoms with Gasteiger partial charge in [0.15, 0.2) is 5.57 Å². The summed E-state index contributed by atoms with van der Waals surface area (Å²) in [6, 6.07) is 9.87. The smallest absolute Gasteiger partial charge is 0.265 e. The third-order valence-corrected chi connectivity index (χ3v) is 2.83. The number of rotatable bonds is 5. The second kappa shape index (κ2) is 7.22. The van der Waals surface area contributed by atoms with Gasteiger partial charge < -0.3 is 10.4 Å². The average molecular weight is 258 g/mol. The van der Waals surface area contributed by atoms with Crippen LogP contribution in [0.25, 0.3) is 0 Å². The van der Waals surface area contributed by atoms with E-state index >= 15 is 0 Å². The monoisotopic (exact) mass is 258 g/mol. The van der Waals surface area contributed by atoms with Crippen molar-refractivity contribution >= 4 is 5.91 Å². The van der Waals surface area contributed by atoms with Crippen molar-refractivity contribution in [3.05, 3.63) is 46.7 Å². The molecule has 0 radical (unpaired) electrons. The van der Waals surface area contributed by atoms with Crippen LogP contribution in [0.15, 0.2) is 35.6 Å². The van der Waals surface area contributed by atoms with Crippen molar-refractivity contribution in [2.24, 2.45) is 0 Å². The molecule has 2 N–H and O–H groups in total. The Labute approximate surface area is 113 Å². The van der Waals surface area contributed by atoms with Gasteiger partial charge in [0.05, 0.1) is 0 Å². The van der Waals surface area contributed by atoms with E-state index < -0.39 is 5.91 Å². The van der Waals surface area contributed by atoms with Gasteiger partial charge >= 0.3 is 0 Å². The van der Waals surface area contributed by atoms with Gasteiger partial charge in [-0.2, -0.15) is 5.26 Å². The number of aryl methyl sites for hydroxylation is 1. The molecule has 0 unspecified atom stereocenters. The van der Waals surface area contributed by atoms with Crippen molar-refractivity contribution in [3.8, 4) is 6.07 Å². The summed E-state index contributed by atoms with van der Waals surface area (Å²) in [5.41, 5.74) is 2.17. The lowest BCUT2D eigenvalue weighted by atomic mass is 10.1. The maximum absolute atomic E-state index is 11.6. The molecule has 0 saturated heterocycles. The Morgan fingerprint density at radius 1 is 1.32 bits per heavy atom. The van der Waals surface area contributed by atoms with Gasteiger partial charge in [-0.3, -0.25) is 4.79 Å². The van der Waals surface area contributed by atoms with E-state index in [-0.39, 0.29) is 11.3 Å². The molecule has 0 fully saturated rings. The minimum absolute atomic E-state index is 0.235.